The summed E-state index contributed by atoms with van der Waals surface area (Å²) in [6.45, 7) is 0.0325. The number of nitro benzene ring substituents is 1. The van der Waals surface area contributed by atoms with Crippen LogP contribution in [0.5, 0.6) is 0 Å². The van der Waals surface area contributed by atoms with Crippen molar-refractivity contribution >= 4 is 43.2 Å². The second-order valence-corrected chi connectivity index (χ2v) is 5.90. The average Bonchev–Trinajstić information content (AvgIpc) is 2.41. The summed E-state index contributed by atoms with van der Waals surface area (Å²) in [5.74, 6) is -1.49. The molecule has 0 atom stereocenters. The van der Waals surface area contributed by atoms with Gasteiger partial charge in [0, 0.05) is 28.7 Å². The lowest BCUT2D eigenvalue weighted by Crippen LogP contribution is -2.05. The van der Waals surface area contributed by atoms with Crippen LogP contribution in [0.25, 0.3) is 0 Å². The molecule has 0 aliphatic rings. The molecule has 0 bridgehead atoms. The molecule has 1 N–H and O–H groups in total. The van der Waals surface area contributed by atoms with Gasteiger partial charge in [0.15, 0.2) is 0 Å². The van der Waals surface area contributed by atoms with Crippen molar-refractivity contribution in [2.75, 3.05) is 5.32 Å². The fourth-order valence-corrected chi connectivity index (χ4v) is 2.47. The van der Waals surface area contributed by atoms with E-state index in [9.17, 15) is 18.9 Å². The van der Waals surface area contributed by atoms with Crippen LogP contribution < -0.4 is 5.32 Å². The predicted octanol–water partition coefficient (Wildman–Crippen LogP) is 5.01. The van der Waals surface area contributed by atoms with Crippen molar-refractivity contribution in [1.29, 1.82) is 0 Å². The number of benzene rings is 2. The number of halogens is 4. The number of nitrogens with one attached hydrogen (secondary N) is 1. The minimum atomic E-state index is -0.770. The highest BCUT2D eigenvalue weighted by molar-refractivity contribution is 9.10. The van der Waals surface area contributed by atoms with Crippen molar-refractivity contribution in [3.8, 4) is 0 Å². The summed E-state index contributed by atoms with van der Waals surface area (Å²) in [5, 5.41) is 13.7. The molecular weight excluding hydrogens is 414 g/mol. The van der Waals surface area contributed by atoms with Crippen LogP contribution >= 0.6 is 31.9 Å². The molecule has 0 aliphatic carbocycles. The number of hydrogen-bond donors (Lipinski definition) is 1. The second kappa shape index (κ2) is 6.48. The van der Waals surface area contributed by atoms with E-state index in [4.69, 9.17) is 0 Å². The summed E-state index contributed by atoms with van der Waals surface area (Å²) in [7, 11) is 0. The summed E-state index contributed by atoms with van der Waals surface area (Å²) in [5.41, 5.74) is 0.360. The first-order valence-electron chi connectivity index (χ1n) is 5.69. The van der Waals surface area contributed by atoms with Crippen LogP contribution in [0.3, 0.4) is 0 Å². The molecular formula is C13H8Br2F2N2O2. The first-order chi connectivity index (χ1) is 9.88. The lowest BCUT2D eigenvalue weighted by atomic mass is 10.1. The van der Waals surface area contributed by atoms with Crippen molar-refractivity contribution in [2.24, 2.45) is 0 Å². The molecule has 4 nitrogen and oxygen atoms in total. The Labute approximate surface area is 135 Å². The maximum Gasteiger partial charge on any atom is 0.274 e. The summed E-state index contributed by atoms with van der Waals surface area (Å²) in [6.07, 6.45) is 0. The molecule has 2 rings (SSSR count). The lowest BCUT2D eigenvalue weighted by Gasteiger charge is -2.09. The number of nitro groups is 1. The second-order valence-electron chi connectivity index (χ2n) is 4.13. The highest BCUT2D eigenvalue weighted by Gasteiger charge is 2.15. The van der Waals surface area contributed by atoms with Crippen molar-refractivity contribution < 1.29 is 13.7 Å². The van der Waals surface area contributed by atoms with Crippen LogP contribution in [0.15, 0.2) is 39.3 Å². The molecule has 0 aliphatic heterocycles. The molecule has 0 heterocycles. The summed E-state index contributed by atoms with van der Waals surface area (Å²) >= 11 is 6.18. The molecule has 0 amide bonds. The van der Waals surface area contributed by atoms with Crippen LogP contribution in [-0.4, -0.2) is 4.92 Å². The SMILES string of the molecule is O=[N+]([O-])c1ccc(Br)cc1CNc1cc(Br)c(F)cc1F. The zero-order valence-electron chi connectivity index (χ0n) is 10.4. The normalized spacial score (nSPS) is 10.5. The van der Waals surface area contributed by atoms with E-state index in [2.05, 4.69) is 37.2 Å². The van der Waals surface area contributed by atoms with Gasteiger partial charge in [-0.25, -0.2) is 8.78 Å². The van der Waals surface area contributed by atoms with E-state index in [1.165, 1.54) is 12.1 Å². The maximum atomic E-state index is 13.6. The van der Waals surface area contributed by atoms with Gasteiger partial charge in [0.2, 0.25) is 0 Å². The summed E-state index contributed by atoms with van der Waals surface area (Å²) in [6, 6.07) is 6.46. The highest BCUT2D eigenvalue weighted by Crippen LogP contribution is 2.27. The Morgan fingerprint density at radius 3 is 2.52 bits per heavy atom. The Hall–Kier alpha value is -1.54. The first kappa shape index (κ1) is 15.8. The van der Waals surface area contributed by atoms with Gasteiger partial charge in [-0.15, -0.1) is 0 Å². The molecule has 21 heavy (non-hydrogen) atoms. The molecule has 8 heteroatoms. The highest BCUT2D eigenvalue weighted by atomic mass is 79.9. The van der Waals surface area contributed by atoms with Crippen LogP contribution in [0.1, 0.15) is 5.56 Å². The molecule has 110 valence electrons. The molecule has 2 aromatic rings. The Balaban J connectivity index is 2.26. The average molecular weight is 422 g/mol. The maximum absolute atomic E-state index is 13.6. The quantitative estimate of drug-likeness (QED) is 0.429. The molecule has 2 aromatic carbocycles. The Morgan fingerprint density at radius 1 is 1.14 bits per heavy atom. The summed E-state index contributed by atoms with van der Waals surface area (Å²) < 4.78 is 27.5. The lowest BCUT2D eigenvalue weighted by molar-refractivity contribution is -0.385. The van der Waals surface area contributed by atoms with Gasteiger partial charge < -0.3 is 5.32 Å². The minimum Gasteiger partial charge on any atom is -0.378 e. The van der Waals surface area contributed by atoms with Crippen molar-refractivity contribution in [3.05, 3.63) is 66.6 Å². The monoisotopic (exact) mass is 420 g/mol. The van der Waals surface area contributed by atoms with Gasteiger partial charge in [0.05, 0.1) is 15.1 Å². The minimum absolute atomic E-state index is 0.0325. The third-order valence-corrected chi connectivity index (χ3v) is 3.82. The van der Waals surface area contributed by atoms with Crippen molar-refractivity contribution in [3.63, 3.8) is 0 Å². The fourth-order valence-electron chi connectivity index (χ4n) is 1.72. The fraction of sp³-hybridized carbons (Fsp3) is 0.0769. The van der Waals surface area contributed by atoms with Gasteiger partial charge in [-0.3, -0.25) is 10.1 Å². The third kappa shape index (κ3) is 3.76. The molecule has 0 radical (unpaired) electrons. The van der Waals surface area contributed by atoms with Crippen molar-refractivity contribution in [1.82, 2.24) is 0 Å². The molecule has 0 fully saturated rings. The van der Waals surface area contributed by atoms with Gasteiger partial charge in [0.1, 0.15) is 11.6 Å². The first-order valence-corrected chi connectivity index (χ1v) is 7.28. The molecule has 0 aromatic heterocycles. The molecule has 0 saturated carbocycles. The Bertz CT molecular complexity index is 711. The summed E-state index contributed by atoms with van der Waals surface area (Å²) in [4.78, 5) is 10.4. The standard InChI is InChI=1S/C13H8Br2F2N2O2/c14-8-1-2-13(19(20)21)7(3-8)6-18-12-4-9(15)10(16)5-11(12)17/h1-5,18H,6H2. The van der Waals surface area contributed by atoms with Crippen LogP contribution in [0.4, 0.5) is 20.2 Å². The van der Waals surface area contributed by atoms with E-state index in [1.54, 1.807) is 12.1 Å². The number of rotatable bonds is 4. The molecule has 0 unspecified atom stereocenters. The van der Waals surface area contributed by atoms with Crippen LogP contribution in [0, 0.1) is 21.7 Å². The third-order valence-electron chi connectivity index (χ3n) is 2.72. The smallest absolute Gasteiger partial charge is 0.274 e. The van der Waals surface area contributed by atoms with E-state index in [0.717, 1.165) is 6.07 Å². The van der Waals surface area contributed by atoms with Gasteiger partial charge >= 0.3 is 0 Å². The predicted molar refractivity (Wildman–Crippen MR) is 82.2 cm³/mol. The van der Waals surface area contributed by atoms with E-state index in [-0.39, 0.29) is 22.4 Å². The van der Waals surface area contributed by atoms with Gasteiger partial charge in [-0.05, 0) is 34.1 Å². The van der Waals surface area contributed by atoms with E-state index in [0.29, 0.717) is 10.0 Å². The number of hydrogen-bond acceptors (Lipinski definition) is 3. The van der Waals surface area contributed by atoms with Crippen molar-refractivity contribution in [2.45, 2.75) is 6.54 Å². The van der Waals surface area contributed by atoms with E-state index < -0.39 is 16.6 Å². The van der Waals surface area contributed by atoms with Gasteiger partial charge in [-0.1, -0.05) is 15.9 Å². The van der Waals surface area contributed by atoms with Crippen LogP contribution in [-0.2, 0) is 6.54 Å². The topological polar surface area (TPSA) is 55.2 Å². The zero-order chi connectivity index (χ0) is 15.6. The van der Waals surface area contributed by atoms with Gasteiger partial charge in [0.25, 0.3) is 5.69 Å². The number of anilines is 1. The number of nitrogens with zero attached hydrogens (tertiary/aromatic N) is 1. The largest absolute Gasteiger partial charge is 0.378 e. The zero-order valence-corrected chi connectivity index (χ0v) is 13.5. The van der Waals surface area contributed by atoms with E-state index in [1.807, 2.05) is 0 Å². The molecule has 0 spiro atoms. The van der Waals surface area contributed by atoms with Crippen LogP contribution in [0.2, 0.25) is 0 Å². The Morgan fingerprint density at radius 2 is 1.86 bits per heavy atom. The Kier molecular flexibility index (Phi) is 4.89. The molecule has 0 saturated heterocycles. The van der Waals surface area contributed by atoms with Gasteiger partial charge in [-0.2, -0.15) is 0 Å². The van der Waals surface area contributed by atoms with E-state index >= 15 is 0 Å².